The normalized spacial score (nSPS) is 10.7. The third-order valence-electron chi connectivity index (χ3n) is 4.31. The summed E-state index contributed by atoms with van der Waals surface area (Å²) in [6, 6.07) is 16.0. The van der Waals surface area contributed by atoms with E-state index < -0.39 is 0 Å². The van der Waals surface area contributed by atoms with E-state index in [2.05, 4.69) is 41.5 Å². The van der Waals surface area contributed by atoms with Gasteiger partial charge in [-0.3, -0.25) is 4.79 Å². The number of aromatic nitrogens is 4. The lowest BCUT2D eigenvalue weighted by Crippen LogP contribution is -2.33. The highest BCUT2D eigenvalue weighted by Gasteiger charge is 2.15. The van der Waals surface area contributed by atoms with Crippen molar-refractivity contribution in [2.45, 2.75) is 33.1 Å². The molecule has 2 aromatic carbocycles. The minimum Gasteiger partial charge on any atom is -0.312 e. The topological polar surface area (TPSA) is 63.9 Å². The summed E-state index contributed by atoms with van der Waals surface area (Å²) in [7, 11) is 0. The predicted molar refractivity (Wildman–Crippen MR) is 101 cm³/mol. The zero-order valence-corrected chi connectivity index (χ0v) is 15.2. The fourth-order valence-electron chi connectivity index (χ4n) is 2.85. The van der Waals surface area contributed by atoms with E-state index in [0.717, 1.165) is 29.8 Å². The number of benzene rings is 2. The molecule has 3 aromatic rings. The molecule has 0 aliphatic carbocycles. The van der Waals surface area contributed by atoms with Crippen LogP contribution in [-0.4, -0.2) is 32.7 Å². The second-order valence-corrected chi connectivity index (χ2v) is 6.16. The third kappa shape index (κ3) is 4.14. The van der Waals surface area contributed by atoms with Crippen LogP contribution in [0, 0.1) is 0 Å². The first-order valence-electron chi connectivity index (χ1n) is 8.93. The van der Waals surface area contributed by atoms with Gasteiger partial charge in [-0.2, -0.15) is 0 Å². The van der Waals surface area contributed by atoms with Gasteiger partial charge in [-0.25, -0.2) is 4.68 Å². The average molecular weight is 349 g/mol. The van der Waals surface area contributed by atoms with Crippen LogP contribution in [-0.2, 0) is 17.6 Å². The molecule has 0 saturated carbocycles. The molecular weight excluding hydrogens is 326 g/mol. The van der Waals surface area contributed by atoms with Crippen molar-refractivity contribution in [2.75, 3.05) is 11.4 Å². The Bertz CT molecular complexity index is 826. The van der Waals surface area contributed by atoms with Crippen LogP contribution in [0.15, 0.2) is 54.9 Å². The molecule has 0 atom stereocenters. The minimum atomic E-state index is 0.103. The van der Waals surface area contributed by atoms with Crippen LogP contribution in [0.5, 0.6) is 0 Å². The number of amides is 1. The molecule has 3 rings (SSSR count). The summed E-state index contributed by atoms with van der Waals surface area (Å²) in [4.78, 5) is 14.7. The van der Waals surface area contributed by atoms with Crippen molar-refractivity contribution >= 4 is 11.6 Å². The summed E-state index contributed by atoms with van der Waals surface area (Å²) in [5, 5.41) is 11.1. The number of aryl methyl sites for hydroxylation is 1. The monoisotopic (exact) mass is 349 g/mol. The van der Waals surface area contributed by atoms with E-state index in [0.29, 0.717) is 13.0 Å². The van der Waals surface area contributed by atoms with Gasteiger partial charge in [0.25, 0.3) is 0 Å². The van der Waals surface area contributed by atoms with Gasteiger partial charge in [0.05, 0.1) is 12.1 Å². The van der Waals surface area contributed by atoms with Gasteiger partial charge in [0.1, 0.15) is 6.33 Å². The molecule has 0 aliphatic rings. The lowest BCUT2D eigenvalue weighted by atomic mass is 10.1. The molecular formula is C20H23N5O. The first-order chi connectivity index (χ1) is 12.7. The second kappa shape index (κ2) is 8.38. The Kier molecular flexibility index (Phi) is 5.73. The lowest BCUT2D eigenvalue weighted by molar-refractivity contribution is -0.118. The van der Waals surface area contributed by atoms with Gasteiger partial charge in [-0.05, 0) is 58.7 Å². The fraction of sp³-hybridized carbons (Fsp3) is 0.300. The van der Waals surface area contributed by atoms with Crippen LogP contribution in [0.4, 0.5) is 5.69 Å². The quantitative estimate of drug-likeness (QED) is 0.657. The van der Waals surface area contributed by atoms with Crippen molar-refractivity contribution < 1.29 is 4.79 Å². The van der Waals surface area contributed by atoms with E-state index in [1.54, 1.807) is 11.0 Å². The summed E-state index contributed by atoms with van der Waals surface area (Å²) in [5.41, 5.74) is 4.07. The first-order valence-corrected chi connectivity index (χ1v) is 8.93. The van der Waals surface area contributed by atoms with Gasteiger partial charge in [0.15, 0.2) is 0 Å². The molecule has 0 spiro atoms. The number of rotatable bonds is 7. The van der Waals surface area contributed by atoms with Crippen LogP contribution in [0.1, 0.15) is 31.4 Å². The Hall–Kier alpha value is -3.02. The molecule has 0 bridgehead atoms. The Morgan fingerprint density at radius 2 is 1.69 bits per heavy atom. The highest BCUT2D eigenvalue weighted by atomic mass is 16.2. The smallest absolute Gasteiger partial charge is 0.231 e. The maximum Gasteiger partial charge on any atom is 0.231 e. The van der Waals surface area contributed by atoms with Crippen molar-refractivity contribution in [3.8, 4) is 5.69 Å². The molecule has 0 radical (unpaired) electrons. The van der Waals surface area contributed by atoms with Crippen molar-refractivity contribution in [1.29, 1.82) is 0 Å². The number of anilines is 1. The van der Waals surface area contributed by atoms with Gasteiger partial charge in [-0.1, -0.05) is 38.1 Å². The van der Waals surface area contributed by atoms with Gasteiger partial charge < -0.3 is 4.90 Å². The molecule has 0 aliphatic heterocycles. The average Bonchev–Trinajstić information content (AvgIpc) is 3.21. The number of carbonyl (C=O) groups excluding carboxylic acids is 1. The largest absolute Gasteiger partial charge is 0.312 e. The van der Waals surface area contributed by atoms with E-state index >= 15 is 0 Å². The van der Waals surface area contributed by atoms with E-state index in [1.165, 1.54) is 5.56 Å². The zero-order valence-electron chi connectivity index (χ0n) is 15.2. The predicted octanol–water partition coefficient (Wildman–Crippen LogP) is 3.21. The van der Waals surface area contributed by atoms with E-state index in [-0.39, 0.29) is 5.91 Å². The Morgan fingerprint density at radius 1 is 1.00 bits per heavy atom. The molecule has 1 aromatic heterocycles. The maximum atomic E-state index is 12.9. The lowest BCUT2D eigenvalue weighted by Gasteiger charge is -2.23. The number of tetrazole rings is 1. The highest BCUT2D eigenvalue weighted by Crippen LogP contribution is 2.18. The van der Waals surface area contributed by atoms with Crippen molar-refractivity contribution in [3.05, 3.63) is 66.0 Å². The van der Waals surface area contributed by atoms with Crippen LogP contribution >= 0.6 is 0 Å². The molecule has 0 unspecified atom stereocenters. The molecule has 6 nitrogen and oxygen atoms in total. The van der Waals surface area contributed by atoms with Gasteiger partial charge in [-0.15, -0.1) is 5.10 Å². The molecule has 0 N–H and O–H groups in total. The first kappa shape index (κ1) is 17.8. The Morgan fingerprint density at radius 3 is 2.27 bits per heavy atom. The molecule has 0 fully saturated rings. The number of carbonyl (C=O) groups is 1. The van der Waals surface area contributed by atoms with Crippen LogP contribution in [0.3, 0.4) is 0 Å². The van der Waals surface area contributed by atoms with Gasteiger partial charge >= 0.3 is 0 Å². The van der Waals surface area contributed by atoms with Crippen molar-refractivity contribution in [2.24, 2.45) is 0 Å². The highest BCUT2D eigenvalue weighted by molar-refractivity contribution is 5.94. The van der Waals surface area contributed by atoms with Crippen LogP contribution in [0.2, 0.25) is 0 Å². The summed E-state index contributed by atoms with van der Waals surface area (Å²) >= 11 is 0. The number of hydrogen-bond donors (Lipinski definition) is 0. The second-order valence-electron chi connectivity index (χ2n) is 6.16. The maximum absolute atomic E-state index is 12.9. The minimum absolute atomic E-state index is 0.103. The molecule has 0 saturated heterocycles. The summed E-state index contributed by atoms with van der Waals surface area (Å²) < 4.78 is 1.59. The molecule has 26 heavy (non-hydrogen) atoms. The fourth-order valence-corrected chi connectivity index (χ4v) is 2.85. The number of nitrogens with zero attached hydrogens (tertiary/aromatic N) is 5. The summed E-state index contributed by atoms with van der Waals surface area (Å²) in [5.74, 6) is 0.103. The van der Waals surface area contributed by atoms with Gasteiger partial charge in [0, 0.05) is 12.2 Å². The standard InChI is InChI=1S/C20H23N5O/c1-3-13-24(18-9-5-16(4-2)6-10-18)20(26)14-17-7-11-19(12-8-17)25-15-21-22-23-25/h5-12,15H,3-4,13-14H2,1-2H3. The molecule has 134 valence electrons. The van der Waals surface area contributed by atoms with E-state index in [9.17, 15) is 4.79 Å². The Labute approximate surface area is 153 Å². The van der Waals surface area contributed by atoms with Crippen LogP contribution < -0.4 is 4.90 Å². The van der Waals surface area contributed by atoms with Crippen molar-refractivity contribution in [1.82, 2.24) is 20.2 Å². The molecule has 1 heterocycles. The van der Waals surface area contributed by atoms with Gasteiger partial charge in [0.2, 0.25) is 5.91 Å². The van der Waals surface area contributed by atoms with Crippen LogP contribution in [0.25, 0.3) is 5.69 Å². The molecule has 6 heteroatoms. The van der Waals surface area contributed by atoms with E-state index in [1.807, 2.05) is 41.3 Å². The number of hydrogen-bond acceptors (Lipinski definition) is 4. The Balaban J connectivity index is 1.72. The third-order valence-corrected chi connectivity index (χ3v) is 4.31. The summed E-state index contributed by atoms with van der Waals surface area (Å²) in [6.07, 6.45) is 3.82. The summed E-state index contributed by atoms with van der Waals surface area (Å²) in [6.45, 7) is 4.93. The van der Waals surface area contributed by atoms with E-state index in [4.69, 9.17) is 0 Å². The molecule has 1 amide bonds. The zero-order chi connectivity index (χ0) is 18.4. The SMILES string of the molecule is CCCN(C(=O)Cc1ccc(-n2cnnn2)cc1)c1ccc(CC)cc1. The van der Waals surface area contributed by atoms with Crippen molar-refractivity contribution in [3.63, 3.8) is 0 Å².